The summed E-state index contributed by atoms with van der Waals surface area (Å²) in [6.45, 7) is 1.22. The fourth-order valence-electron chi connectivity index (χ4n) is 2.82. The monoisotopic (exact) mass is 346 g/mol. The summed E-state index contributed by atoms with van der Waals surface area (Å²) >= 11 is 0. The molecule has 26 heavy (non-hydrogen) atoms. The van der Waals surface area contributed by atoms with Crippen molar-refractivity contribution in [2.24, 2.45) is 9.98 Å². The minimum atomic E-state index is -0.277. The minimum absolute atomic E-state index is 0.0232. The smallest absolute Gasteiger partial charge is 0.259 e. The van der Waals surface area contributed by atoms with Crippen LogP contribution in [0.2, 0.25) is 0 Å². The first-order chi connectivity index (χ1) is 12.8. The van der Waals surface area contributed by atoms with E-state index in [1.807, 2.05) is 17.0 Å². The summed E-state index contributed by atoms with van der Waals surface area (Å²) in [5, 5.41) is 11.5. The number of rotatable bonds is 3. The Labute approximate surface area is 149 Å². The maximum atomic E-state index is 12.4. The molecule has 0 aliphatic carbocycles. The third-order valence-electron chi connectivity index (χ3n) is 3.98. The van der Waals surface area contributed by atoms with Crippen molar-refractivity contribution >= 4 is 23.4 Å². The van der Waals surface area contributed by atoms with E-state index >= 15 is 0 Å². The predicted molar refractivity (Wildman–Crippen MR) is 94.5 cm³/mol. The van der Waals surface area contributed by atoms with Crippen LogP contribution in [0.3, 0.4) is 0 Å². The van der Waals surface area contributed by atoms with Crippen LogP contribution >= 0.6 is 0 Å². The Morgan fingerprint density at radius 3 is 3.12 bits per heavy atom. The van der Waals surface area contributed by atoms with Crippen LogP contribution < -0.4 is 10.1 Å². The van der Waals surface area contributed by atoms with Crippen LogP contribution in [0.4, 0.5) is 5.69 Å². The quantitative estimate of drug-likeness (QED) is 0.907. The molecule has 3 heterocycles. The lowest BCUT2D eigenvalue weighted by atomic mass is 10.1. The molecule has 2 aromatic rings. The molecule has 2 aliphatic heterocycles. The number of amides is 1. The van der Waals surface area contributed by atoms with Crippen molar-refractivity contribution in [3.05, 3.63) is 53.9 Å². The molecule has 4 rings (SSSR count). The number of hydrogen-bond donors (Lipinski definition) is 1. The van der Waals surface area contributed by atoms with E-state index in [4.69, 9.17) is 10.00 Å². The highest BCUT2D eigenvalue weighted by atomic mass is 16.5. The van der Waals surface area contributed by atoms with Gasteiger partial charge in [-0.25, -0.2) is 4.99 Å². The van der Waals surface area contributed by atoms with Gasteiger partial charge in [-0.1, -0.05) is 0 Å². The van der Waals surface area contributed by atoms with Gasteiger partial charge in [0.25, 0.3) is 5.91 Å². The second-order valence-electron chi connectivity index (χ2n) is 5.61. The number of fused-ring (bicyclic) bond motifs is 3. The minimum Gasteiger partial charge on any atom is -0.479 e. The number of nitrogens with one attached hydrogen (secondary N) is 1. The topological polar surface area (TPSA) is 103 Å². The Kier molecular flexibility index (Phi) is 4.03. The molecule has 0 bridgehead atoms. The van der Waals surface area contributed by atoms with Crippen LogP contribution in [0.25, 0.3) is 0 Å². The summed E-state index contributed by atoms with van der Waals surface area (Å²) in [6, 6.07) is 10.7. The average Bonchev–Trinajstić information content (AvgIpc) is 3.18. The van der Waals surface area contributed by atoms with Crippen LogP contribution in [-0.4, -0.2) is 47.3 Å². The standard InChI is InChI=1S/C18H14N6O2/c19-5-9-26-13-3-4-15-14(10-13)16-21-7-8-24(16)18(22-15)23-17(25)12-2-1-6-20-11-12/h1-4,6,10-11H,7-9H2,(H,22,23,25). The molecule has 8 heteroatoms. The summed E-state index contributed by atoms with van der Waals surface area (Å²) in [4.78, 5) is 27.4. The van der Waals surface area contributed by atoms with Crippen molar-refractivity contribution in [3.8, 4) is 11.8 Å². The summed E-state index contributed by atoms with van der Waals surface area (Å²) in [6.07, 6.45) is 3.12. The Morgan fingerprint density at radius 2 is 2.31 bits per heavy atom. The molecule has 0 spiro atoms. The van der Waals surface area contributed by atoms with Crippen molar-refractivity contribution in [2.45, 2.75) is 0 Å². The lowest BCUT2D eigenvalue weighted by molar-refractivity contribution is 0.0973. The van der Waals surface area contributed by atoms with Gasteiger partial charge in [0.1, 0.15) is 17.7 Å². The first-order valence-electron chi connectivity index (χ1n) is 8.02. The zero-order valence-electron chi connectivity index (χ0n) is 13.7. The van der Waals surface area contributed by atoms with Gasteiger partial charge in [-0.05, 0) is 30.3 Å². The van der Waals surface area contributed by atoms with Crippen molar-refractivity contribution in [1.82, 2.24) is 15.2 Å². The van der Waals surface area contributed by atoms with Gasteiger partial charge < -0.3 is 4.74 Å². The van der Waals surface area contributed by atoms with Crippen molar-refractivity contribution in [1.29, 1.82) is 5.26 Å². The Balaban J connectivity index is 1.65. The third-order valence-corrected chi connectivity index (χ3v) is 3.98. The summed E-state index contributed by atoms with van der Waals surface area (Å²) < 4.78 is 5.36. The van der Waals surface area contributed by atoms with E-state index in [1.165, 1.54) is 6.20 Å². The van der Waals surface area contributed by atoms with Crippen LogP contribution in [0.5, 0.6) is 5.75 Å². The second-order valence-corrected chi connectivity index (χ2v) is 5.61. The molecule has 1 aromatic heterocycles. The number of benzene rings is 1. The summed E-state index contributed by atoms with van der Waals surface area (Å²) in [5.41, 5.74) is 1.96. The van der Waals surface area contributed by atoms with E-state index < -0.39 is 0 Å². The maximum absolute atomic E-state index is 12.4. The van der Waals surface area contributed by atoms with Gasteiger partial charge in [0, 0.05) is 24.5 Å². The number of ether oxygens (including phenoxy) is 1. The normalized spacial score (nSPS) is 14.5. The molecule has 0 fully saturated rings. The average molecular weight is 346 g/mol. The van der Waals surface area contributed by atoms with E-state index in [0.717, 1.165) is 11.4 Å². The number of carbonyl (C=O) groups is 1. The predicted octanol–water partition coefficient (Wildman–Crippen LogP) is 1.48. The number of guanidine groups is 1. The van der Waals surface area contributed by atoms with Gasteiger partial charge in [-0.2, -0.15) is 5.26 Å². The lowest BCUT2D eigenvalue weighted by Gasteiger charge is -2.27. The number of aromatic nitrogens is 1. The SMILES string of the molecule is N#CCOc1ccc2c(c1)C1=NCCN1C(NC(=O)c1cccnc1)=N2. The number of carbonyl (C=O) groups excluding carboxylic acids is 1. The fraction of sp³-hybridized carbons (Fsp3) is 0.167. The third kappa shape index (κ3) is 2.86. The van der Waals surface area contributed by atoms with Crippen molar-refractivity contribution < 1.29 is 9.53 Å². The molecule has 0 unspecified atom stereocenters. The molecular formula is C18H14N6O2. The van der Waals surface area contributed by atoms with Crippen LogP contribution in [0, 0.1) is 11.3 Å². The molecule has 2 aliphatic rings. The fourth-order valence-corrected chi connectivity index (χ4v) is 2.82. The number of hydrogen-bond acceptors (Lipinski definition) is 7. The Bertz CT molecular complexity index is 961. The number of nitrogens with zero attached hydrogens (tertiary/aromatic N) is 5. The molecular weight excluding hydrogens is 332 g/mol. The molecule has 8 nitrogen and oxygen atoms in total. The first kappa shape index (κ1) is 15.8. The van der Waals surface area contributed by atoms with Crippen LogP contribution in [0.1, 0.15) is 15.9 Å². The zero-order chi connectivity index (χ0) is 17.9. The molecule has 0 radical (unpaired) electrons. The highest BCUT2D eigenvalue weighted by Crippen LogP contribution is 2.31. The van der Waals surface area contributed by atoms with Crippen molar-refractivity contribution in [2.75, 3.05) is 19.7 Å². The van der Waals surface area contributed by atoms with Crippen LogP contribution in [-0.2, 0) is 0 Å². The van der Waals surface area contributed by atoms with Gasteiger partial charge in [0.05, 0.1) is 17.8 Å². The number of amidine groups is 1. The highest BCUT2D eigenvalue weighted by Gasteiger charge is 2.31. The second kappa shape index (κ2) is 6.64. The summed E-state index contributed by atoms with van der Waals surface area (Å²) in [5.74, 6) is 1.48. The molecule has 1 N–H and O–H groups in total. The van der Waals surface area contributed by atoms with Gasteiger partial charge >= 0.3 is 0 Å². The molecule has 1 amide bonds. The van der Waals surface area contributed by atoms with Crippen molar-refractivity contribution in [3.63, 3.8) is 0 Å². The molecule has 1 aromatic carbocycles. The lowest BCUT2D eigenvalue weighted by Crippen LogP contribution is -2.47. The largest absolute Gasteiger partial charge is 0.479 e. The van der Waals surface area contributed by atoms with Gasteiger partial charge in [0.15, 0.2) is 6.61 Å². The molecule has 0 saturated heterocycles. The molecule has 128 valence electrons. The van der Waals surface area contributed by atoms with Gasteiger partial charge in [0.2, 0.25) is 5.96 Å². The Hall–Kier alpha value is -3.73. The number of pyridine rings is 1. The van der Waals surface area contributed by atoms with Crippen LogP contribution in [0.15, 0.2) is 52.7 Å². The number of nitriles is 1. The first-order valence-corrected chi connectivity index (χ1v) is 8.02. The van der Waals surface area contributed by atoms with E-state index in [2.05, 4.69) is 20.3 Å². The van der Waals surface area contributed by atoms with E-state index in [-0.39, 0.29) is 12.5 Å². The van der Waals surface area contributed by atoms with Gasteiger partial charge in [-0.3, -0.25) is 25.0 Å². The van der Waals surface area contributed by atoms with E-state index in [0.29, 0.717) is 36.0 Å². The van der Waals surface area contributed by atoms with E-state index in [1.54, 1.807) is 30.5 Å². The zero-order valence-corrected chi connectivity index (χ0v) is 13.7. The molecule has 0 atom stereocenters. The summed E-state index contributed by atoms with van der Waals surface area (Å²) in [7, 11) is 0. The number of aliphatic imine (C=N–C) groups is 2. The Morgan fingerprint density at radius 1 is 1.38 bits per heavy atom. The van der Waals surface area contributed by atoms with Gasteiger partial charge in [-0.15, -0.1) is 0 Å². The highest BCUT2D eigenvalue weighted by molar-refractivity contribution is 6.19. The van der Waals surface area contributed by atoms with E-state index in [9.17, 15) is 4.79 Å². The molecule has 0 saturated carbocycles. The maximum Gasteiger partial charge on any atom is 0.259 e.